The van der Waals surface area contributed by atoms with Crippen LogP contribution in [0.15, 0.2) is 30.5 Å². The summed E-state index contributed by atoms with van der Waals surface area (Å²) in [7, 11) is 0. The van der Waals surface area contributed by atoms with Gasteiger partial charge in [-0.05, 0) is 43.5 Å². The van der Waals surface area contributed by atoms with Crippen molar-refractivity contribution in [3.05, 3.63) is 46.7 Å². The van der Waals surface area contributed by atoms with E-state index in [1.54, 1.807) is 10.9 Å². The lowest BCUT2D eigenvalue weighted by atomic mass is 10.0. The SMILES string of the molecule is CC(C)c1c(C(=O)NCCCCN)cnn1-c1cccc(Cl)c1. The highest BCUT2D eigenvalue weighted by molar-refractivity contribution is 6.30. The predicted octanol–water partition coefficient (Wildman–Crippen LogP) is 3.12. The molecular formula is C17H23ClN4O. The minimum Gasteiger partial charge on any atom is -0.352 e. The van der Waals surface area contributed by atoms with Crippen molar-refractivity contribution >= 4 is 17.5 Å². The molecule has 3 N–H and O–H groups in total. The van der Waals surface area contributed by atoms with Gasteiger partial charge in [-0.2, -0.15) is 5.10 Å². The fourth-order valence-electron chi connectivity index (χ4n) is 2.47. The first-order valence-electron chi connectivity index (χ1n) is 7.86. The molecule has 1 heterocycles. The number of nitrogens with zero attached hydrogens (tertiary/aromatic N) is 2. The smallest absolute Gasteiger partial charge is 0.254 e. The van der Waals surface area contributed by atoms with Gasteiger partial charge >= 0.3 is 0 Å². The van der Waals surface area contributed by atoms with Crippen molar-refractivity contribution < 1.29 is 4.79 Å². The van der Waals surface area contributed by atoms with Crippen LogP contribution in [0, 0.1) is 0 Å². The van der Waals surface area contributed by atoms with E-state index < -0.39 is 0 Å². The molecule has 1 amide bonds. The predicted molar refractivity (Wildman–Crippen MR) is 93.3 cm³/mol. The molecule has 0 aliphatic heterocycles. The molecule has 5 nitrogen and oxygen atoms in total. The summed E-state index contributed by atoms with van der Waals surface area (Å²) in [6, 6.07) is 7.45. The Balaban J connectivity index is 2.26. The highest BCUT2D eigenvalue weighted by Crippen LogP contribution is 2.24. The fourth-order valence-corrected chi connectivity index (χ4v) is 2.65. The molecule has 6 heteroatoms. The van der Waals surface area contributed by atoms with Crippen molar-refractivity contribution in [1.82, 2.24) is 15.1 Å². The third kappa shape index (κ3) is 4.33. The zero-order valence-corrected chi connectivity index (χ0v) is 14.3. The molecule has 0 fully saturated rings. The molecule has 23 heavy (non-hydrogen) atoms. The number of amides is 1. The summed E-state index contributed by atoms with van der Waals surface area (Å²) in [5.41, 5.74) is 7.80. The monoisotopic (exact) mass is 334 g/mol. The molecule has 0 unspecified atom stereocenters. The van der Waals surface area contributed by atoms with E-state index in [0.29, 0.717) is 23.7 Å². The summed E-state index contributed by atoms with van der Waals surface area (Å²) in [6.07, 6.45) is 3.40. The standard InChI is InChI=1S/C17H23ClN4O/c1-12(2)16-15(17(23)20-9-4-3-8-19)11-21-22(16)14-7-5-6-13(18)10-14/h5-7,10-12H,3-4,8-9,19H2,1-2H3,(H,20,23). The van der Waals surface area contributed by atoms with Crippen molar-refractivity contribution in [1.29, 1.82) is 0 Å². The number of nitrogens with two attached hydrogens (primary N) is 1. The number of hydrogen-bond donors (Lipinski definition) is 2. The number of benzene rings is 1. The van der Waals surface area contributed by atoms with Gasteiger partial charge in [0.15, 0.2) is 0 Å². The zero-order valence-electron chi connectivity index (χ0n) is 13.6. The summed E-state index contributed by atoms with van der Waals surface area (Å²) >= 11 is 6.06. The third-order valence-electron chi connectivity index (χ3n) is 3.57. The molecule has 1 aromatic heterocycles. The summed E-state index contributed by atoms with van der Waals surface area (Å²) < 4.78 is 1.78. The molecule has 0 radical (unpaired) electrons. The summed E-state index contributed by atoms with van der Waals surface area (Å²) in [5.74, 6) is 0.0558. The molecule has 2 rings (SSSR count). The van der Waals surface area contributed by atoms with E-state index in [1.165, 1.54) is 0 Å². The summed E-state index contributed by atoms with van der Waals surface area (Å²) in [4.78, 5) is 12.4. The van der Waals surface area contributed by atoms with Crippen LogP contribution in [0.4, 0.5) is 0 Å². The van der Waals surface area contributed by atoms with Crippen LogP contribution in [0.5, 0.6) is 0 Å². The molecule has 2 aromatic rings. The highest BCUT2D eigenvalue weighted by Gasteiger charge is 2.20. The molecule has 0 saturated heterocycles. The number of hydrogen-bond acceptors (Lipinski definition) is 3. The lowest BCUT2D eigenvalue weighted by Gasteiger charge is -2.13. The minimum atomic E-state index is -0.0981. The van der Waals surface area contributed by atoms with Crippen LogP contribution in [-0.4, -0.2) is 28.8 Å². The van der Waals surface area contributed by atoms with Gasteiger partial charge in [0.05, 0.1) is 23.1 Å². The van der Waals surface area contributed by atoms with Gasteiger partial charge < -0.3 is 11.1 Å². The van der Waals surface area contributed by atoms with Crippen molar-refractivity contribution in [2.45, 2.75) is 32.6 Å². The second kappa shape index (κ2) is 8.13. The van der Waals surface area contributed by atoms with Crippen LogP contribution in [0.1, 0.15) is 48.7 Å². The Bertz CT molecular complexity index is 666. The van der Waals surface area contributed by atoms with Crippen molar-refractivity contribution in [3.8, 4) is 5.69 Å². The average molecular weight is 335 g/mol. The number of aromatic nitrogens is 2. The molecule has 0 bridgehead atoms. The number of rotatable bonds is 7. The van der Waals surface area contributed by atoms with Crippen LogP contribution in [0.3, 0.4) is 0 Å². The van der Waals surface area contributed by atoms with E-state index in [2.05, 4.69) is 10.4 Å². The molecule has 0 spiro atoms. The maximum atomic E-state index is 12.4. The first-order chi connectivity index (χ1) is 11.0. The number of carbonyl (C=O) groups excluding carboxylic acids is 1. The third-order valence-corrected chi connectivity index (χ3v) is 3.80. The summed E-state index contributed by atoms with van der Waals surface area (Å²) in [6.45, 7) is 5.35. The lowest BCUT2D eigenvalue weighted by molar-refractivity contribution is 0.0951. The largest absolute Gasteiger partial charge is 0.352 e. The van der Waals surface area contributed by atoms with Gasteiger partial charge in [-0.25, -0.2) is 4.68 Å². The van der Waals surface area contributed by atoms with E-state index in [-0.39, 0.29) is 11.8 Å². The van der Waals surface area contributed by atoms with Crippen LogP contribution in [-0.2, 0) is 0 Å². The highest BCUT2D eigenvalue weighted by atomic mass is 35.5. The number of nitrogens with one attached hydrogen (secondary N) is 1. The van der Waals surface area contributed by atoms with Crippen molar-refractivity contribution in [2.75, 3.05) is 13.1 Å². The Morgan fingerprint density at radius 1 is 1.39 bits per heavy atom. The Labute approximate surface area is 141 Å². The molecule has 0 aliphatic carbocycles. The molecule has 0 atom stereocenters. The maximum Gasteiger partial charge on any atom is 0.254 e. The van der Waals surface area contributed by atoms with E-state index >= 15 is 0 Å². The second-order valence-corrected chi connectivity index (χ2v) is 6.18. The van der Waals surface area contributed by atoms with Crippen molar-refractivity contribution in [3.63, 3.8) is 0 Å². The quantitative estimate of drug-likeness (QED) is 0.764. The van der Waals surface area contributed by atoms with Crippen LogP contribution < -0.4 is 11.1 Å². The number of halogens is 1. The van der Waals surface area contributed by atoms with Gasteiger partial charge in [-0.15, -0.1) is 0 Å². The normalized spacial score (nSPS) is 11.0. The zero-order chi connectivity index (χ0) is 16.8. The van der Waals surface area contributed by atoms with Crippen LogP contribution >= 0.6 is 11.6 Å². The molecule has 0 aliphatic rings. The van der Waals surface area contributed by atoms with E-state index in [0.717, 1.165) is 24.2 Å². The number of carbonyl (C=O) groups is 1. The molecule has 124 valence electrons. The van der Waals surface area contributed by atoms with E-state index in [1.807, 2.05) is 38.1 Å². The van der Waals surface area contributed by atoms with Gasteiger partial charge in [-0.3, -0.25) is 4.79 Å². The fraction of sp³-hybridized carbons (Fsp3) is 0.412. The topological polar surface area (TPSA) is 72.9 Å². The van der Waals surface area contributed by atoms with Gasteiger partial charge in [0, 0.05) is 11.6 Å². The Kier molecular flexibility index (Phi) is 6.19. The average Bonchev–Trinajstić information content (AvgIpc) is 2.96. The number of unbranched alkanes of at least 4 members (excludes halogenated alkanes) is 1. The lowest BCUT2D eigenvalue weighted by Crippen LogP contribution is -2.26. The molecule has 1 aromatic carbocycles. The Morgan fingerprint density at radius 3 is 2.83 bits per heavy atom. The molecular weight excluding hydrogens is 312 g/mol. The van der Waals surface area contributed by atoms with Crippen LogP contribution in [0.25, 0.3) is 5.69 Å². The summed E-state index contributed by atoms with van der Waals surface area (Å²) in [5, 5.41) is 7.96. The Morgan fingerprint density at radius 2 is 2.17 bits per heavy atom. The van der Waals surface area contributed by atoms with Crippen LogP contribution in [0.2, 0.25) is 5.02 Å². The van der Waals surface area contributed by atoms with Gasteiger partial charge in [0.25, 0.3) is 5.91 Å². The van der Waals surface area contributed by atoms with Gasteiger partial charge in [0.1, 0.15) is 0 Å². The van der Waals surface area contributed by atoms with Gasteiger partial charge in [-0.1, -0.05) is 31.5 Å². The van der Waals surface area contributed by atoms with Crippen molar-refractivity contribution in [2.24, 2.45) is 5.73 Å². The van der Waals surface area contributed by atoms with E-state index in [9.17, 15) is 4.79 Å². The Hall–Kier alpha value is -1.85. The maximum absolute atomic E-state index is 12.4. The molecule has 0 saturated carbocycles. The second-order valence-electron chi connectivity index (χ2n) is 5.74. The van der Waals surface area contributed by atoms with E-state index in [4.69, 9.17) is 17.3 Å². The minimum absolute atomic E-state index is 0.0981. The first kappa shape index (κ1) is 17.5. The van der Waals surface area contributed by atoms with Gasteiger partial charge in [0.2, 0.25) is 0 Å². The first-order valence-corrected chi connectivity index (χ1v) is 8.24.